The number of ether oxygens (including phenoxy) is 1. The summed E-state index contributed by atoms with van der Waals surface area (Å²) in [4.78, 5) is 1.24. The molecule has 0 aliphatic carbocycles. The van der Waals surface area contributed by atoms with E-state index < -0.39 is 0 Å². The number of hydrogen-bond acceptors (Lipinski definition) is 3. The minimum absolute atomic E-state index is 0.0323. The number of rotatable bonds is 6. The Labute approximate surface area is 125 Å². The van der Waals surface area contributed by atoms with Gasteiger partial charge in [0.25, 0.3) is 0 Å². The first-order chi connectivity index (χ1) is 9.66. The lowest BCUT2D eigenvalue weighted by atomic mass is 10.1. The van der Waals surface area contributed by atoms with E-state index in [0.717, 1.165) is 17.1 Å². The summed E-state index contributed by atoms with van der Waals surface area (Å²) < 4.78 is 5.83. The summed E-state index contributed by atoms with van der Waals surface area (Å²) in [6.45, 7) is 4.06. The lowest BCUT2D eigenvalue weighted by Gasteiger charge is -2.18. The molecule has 0 aliphatic rings. The van der Waals surface area contributed by atoms with Gasteiger partial charge < -0.3 is 10.5 Å². The van der Waals surface area contributed by atoms with Crippen molar-refractivity contribution in [2.24, 2.45) is 5.73 Å². The van der Waals surface area contributed by atoms with Crippen molar-refractivity contribution in [1.82, 2.24) is 0 Å². The van der Waals surface area contributed by atoms with Crippen molar-refractivity contribution in [2.45, 2.75) is 30.9 Å². The molecule has 0 bridgehead atoms. The van der Waals surface area contributed by atoms with Gasteiger partial charge in [0, 0.05) is 22.3 Å². The first kappa shape index (κ1) is 14.9. The van der Waals surface area contributed by atoms with Gasteiger partial charge in [0.1, 0.15) is 5.75 Å². The van der Waals surface area contributed by atoms with Gasteiger partial charge in [0.15, 0.2) is 0 Å². The Kier molecular flexibility index (Phi) is 5.50. The molecule has 0 aromatic heterocycles. The van der Waals surface area contributed by atoms with Gasteiger partial charge in [-0.15, -0.1) is 11.8 Å². The predicted molar refractivity (Wildman–Crippen MR) is 86.3 cm³/mol. The van der Waals surface area contributed by atoms with E-state index in [1.165, 1.54) is 4.90 Å². The molecule has 1 unspecified atom stereocenters. The van der Waals surface area contributed by atoms with E-state index in [1.807, 2.05) is 56.3 Å². The number of hydrogen-bond donors (Lipinski definition) is 1. The molecule has 0 radical (unpaired) electrons. The molecule has 2 nitrogen and oxygen atoms in total. The number of para-hydroxylation sites is 1. The highest BCUT2D eigenvalue weighted by atomic mass is 32.2. The first-order valence-electron chi connectivity index (χ1n) is 6.86. The average Bonchev–Trinajstić information content (AvgIpc) is 2.46. The molecule has 2 aromatic carbocycles. The Hall–Kier alpha value is -1.45. The summed E-state index contributed by atoms with van der Waals surface area (Å²) in [5.74, 6) is 1.73. The standard InChI is InChI=1S/C17H21NOS/c1-13(2)19-17-11-7-6-10-15(17)16(18)12-20-14-8-4-3-5-9-14/h3-11,13,16H,12,18H2,1-2H3. The van der Waals surface area contributed by atoms with E-state index in [4.69, 9.17) is 10.5 Å². The third-order valence-electron chi connectivity index (χ3n) is 2.85. The maximum Gasteiger partial charge on any atom is 0.124 e. The van der Waals surface area contributed by atoms with E-state index in [-0.39, 0.29) is 12.1 Å². The van der Waals surface area contributed by atoms with Gasteiger partial charge in [0.2, 0.25) is 0 Å². The van der Waals surface area contributed by atoms with Crippen LogP contribution < -0.4 is 10.5 Å². The van der Waals surface area contributed by atoms with Crippen LogP contribution in [-0.2, 0) is 0 Å². The first-order valence-corrected chi connectivity index (χ1v) is 7.84. The fourth-order valence-corrected chi connectivity index (χ4v) is 2.84. The van der Waals surface area contributed by atoms with E-state index >= 15 is 0 Å². The normalized spacial score (nSPS) is 12.4. The number of benzene rings is 2. The van der Waals surface area contributed by atoms with Crippen LogP contribution in [0, 0.1) is 0 Å². The van der Waals surface area contributed by atoms with Gasteiger partial charge in [-0.2, -0.15) is 0 Å². The van der Waals surface area contributed by atoms with E-state index in [9.17, 15) is 0 Å². The molecule has 0 spiro atoms. The Morgan fingerprint density at radius 2 is 1.65 bits per heavy atom. The topological polar surface area (TPSA) is 35.2 Å². The monoisotopic (exact) mass is 287 g/mol. The molecule has 0 heterocycles. The largest absolute Gasteiger partial charge is 0.491 e. The molecular weight excluding hydrogens is 266 g/mol. The maximum atomic E-state index is 6.32. The van der Waals surface area contributed by atoms with E-state index in [1.54, 1.807) is 11.8 Å². The molecule has 2 aromatic rings. The van der Waals surface area contributed by atoms with Crippen molar-refractivity contribution in [1.29, 1.82) is 0 Å². The van der Waals surface area contributed by atoms with Crippen LogP contribution in [0.1, 0.15) is 25.5 Å². The van der Waals surface area contributed by atoms with Crippen LogP contribution in [0.15, 0.2) is 59.5 Å². The van der Waals surface area contributed by atoms with Crippen LogP contribution in [0.4, 0.5) is 0 Å². The Morgan fingerprint density at radius 1 is 1.00 bits per heavy atom. The van der Waals surface area contributed by atoms with Crippen LogP contribution in [0.5, 0.6) is 5.75 Å². The fourth-order valence-electron chi connectivity index (χ4n) is 1.94. The molecule has 0 saturated heterocycles. The van der Waals surface area contributed by atoms with Gasteiger partial charge in [-0.05, 0) is 32.0 Å². The second-order valence-corrected chi connectivity index (χ2v) is 6.03. The van der Waals surface area contributed by atoms with Crippen molar-refractivity contribution in [3.05, 3.63) is 60.2 Å². The molecule has 1 atom stereocenters. The van der Waals surface area contributed by atoms with Gasteiger partial charge in [-0.25, -0.2) is 0 Å². The zero-order valence-electron chi connectivity index (χ0n) is 12.0. The second-order valence-electron chi connectivity index (χ2n) is 4.93. The van der Waals surface area contributed by atoms with Crippen LogP contribution >= 0.6 is 11.8 Å². The van der Waals surface area contributed by atoms with Crippen LogP contribution in [0.2, 0.25) is 0 Å². The Balaban J connectivity index is 2.03. The molecule has 106 valence electrons. The summed E-state index contributed by atoms with van der Waals surface area (Å²) in [6, 6.07) is 18.3. The minimum Gasteiger partial charge on any atom is -0.491 e. The zero-order chi connectivity index (χ0) is 14.4. The summed E-state index contributed by atoms with van der Waals surface area (Å²) in [6.07, 6.45) is 0.158. The fraction of sp³-hybridized carbons (Fsp3) is 0.294. The average molecular weight is 287 g/mol. The Morgan fingerprint density at radius 3 is 2.35 bits per heavy atom. The molecule has 0 aliphatic heterocycles. The van der Waals surface area contributed by atoms with Crippen molar-refractivity contribution in [3.63, 3.8) is 0 Å². The third-order valence-corrected chi connectivity index (χ3v) is 3.99. The van der Waals surface area contributed by atoms with Crippen molar-refractivity contribution < 1.29 is 4.74 Å². The van der Waals surface area contributed by atoms with Crippen molar-refractivity contribution >= 4 is 11.8 Å². The van der Waals surface area contributed by atoms with Gasteiger partial charge >= 0.3 is 0 Å². The highest BCUT2D eigenvalue weighted by molar-refractivity contribution is 7.99. The molecular formula is C17H21NOS. The summed E-state index contributed by atoms with van der Waals surface area (Å²) >= 11 is 1.77. The minimum atomic E-state index is -0.0323. The van der Waals surface area contributed by atoms with E-state index in [0.29, 0.717) is 0 Å². The Bertz CT molecular complexity index is 528. The summed E-state index contributed by atoms with van der Waals surface area (Å²) in [5, 5.41) is 0. The van der Waals surface area contributed by atoms with Crippen molar-refractivity contribution in [3.8, 4) is 5.75 Å². The third kappa shape index (κ3) is 4.29. The van der Waals surface area contributed by atoms with Crippen LogP contribution in [-0.4, -0.2) is 11.9 Å². The molecule has 0 amide bonds. The van der Waals surface area contributed by atoms with Crippen molar-refractivity contribution in [2.75, 3.05) is 5.75 Å². The highest BCUT2D eigenvalue weighted by Gasteiger charge is 2.13. The van der Waals surface area contributed by atoms with Crippen LogP contribution in [0.25, 0.3) is 0 Å². The molecule has 2 N–H and O–H groups in total. The maximum absolute atomic E-state index is 6.32. The second kappa shape index (κ2) is 7.36. The van der Waals surface area contributed by atoms with Crippen LogP contribution in [0.3, 0.4) is 0 Å². The van der Waals surface area contributed by atoms with Gasteiger partial charge in [-0.3, -0.25) is 0 Å². The SMILES string of the molecule is CC(C)Oc1ccccc1C(N)CSc1ccccc1. The quantitative estimate of drug-likeness (QED) is 0.806. The number of nitrogens with two attached hydrogens (primary N) is 1. The molecule has 3 heteroatoms. The summed E-state index contributed by atoms with van der Waals surface area (Å²) in [7, 11) is 0. The summed E-state index contributed by atoms with van der Waals surface area (Å²) in [5.41, 5.74) is 7.39. The predicted octanol–water partition coefficient (Wildman–Crippen LogP) is 4.27. The smallest absolute Gasteiger partial charge is 0.124 e. The molecule has 0 saturated carbocycles. The van der Waals surface area contributed by atoms with Gasteiger partial charge in [0.05, 0.1) is 6.10 Å². The zero-order valence-corrected chi connectivity index (χ0v) is 12.8. The molecule has 2 rings (SSSR count). The molecule has 20 heavy (non-hydrogen) atoms. The number of thioether (sulfide) groups is 1. The van der Waals surface area contributed by atoms with E-state index in [2.05, 4.69) is 12.1 Å². The molecule has 0 fully saturated rings. The lowest BCUT2D eigenvalue weighted by Crippen LogP contribution is -2.16. The highest BCUT2D eigenvalue weighted by Crippen LogP contribution is 2.29. The lowest BCUT2D eigenvalue weighted by molar-refractivity contribution is 0.239. The van der Waals surface area contributed by atoms with Gasteiger partial charge in [-0.1, -0.05) is 36.4 Å².